The highest BCUT2D eigenvalue weighted by molar-refractivity contribution is 6.01. The molecule has 6 rings (SSSR count). The van der Waals surface area contributed by atoms with E-state index < -0.39 is 12.1 Å². The fourth-order valence-corrected chi connectivity index (χ4v) is 6.57. The molecule has 3 N–H and O–H groups in total. The summed E-state index contributed by atoms with van der Waals surface area (Å²) in [5.74, 6) is 0.00283. The van der Waals surface area contributed by atoms with E-state index in [1.807, 2.05) is 98.4 Å². The second-order valence-corrected chi connectivity index (χ2v) is 13.1. The number of anilines is 2. The molecule has 0 aliphatic carbocycles. The summed E-state index contributed by atoms with van der Waals surface area (Å²) in [6.07, 6.45) is 1.72. The van der Waals surface area contributed by atoms with E-state index in [0.29, 0.717) is 29.2 Å². The Labute approximate surface area is 286 Å². The number of hydrogen-bond acceptors (Lipinski definition) is 5. The van der Waals surface area contributed by atoms with E-state index in [0.717, 1.165) is 27.2 Å². The molecule has 0 bridgehead atoms. The van der Waals surface area contributed by atoms with Crippen LogP contribution in [0.3, 0.4) is 0 Å². The van der Waals surface area contributed by atoms with Gasteiger partial charge in [-0.1, -0.05) is 61.5 Å². The minimum Gasteiger partial charge on any atom is -0.488 e. The molecule has 49 heavy (non-hydrogen) atoms. The molecule has 0 radical (unpaired) electrons. The van der Waals surface area contributed by atoms with Gasteiger partial charge in [0, 0.05) is 60.3 Å². The summed E-state index contributed by atoms with van der Waals surface area (Å²) in [7, 11) is 3.68. The lowest BCUT2D eigenvalue weighted by atomic mass is 10.0. The Hall–Kier alpha value is -5.35. The zero-order valence-electron chi connectivity index (χ0n) is 28.3. The molecule has 1 aliphatic rings. The number of rotatable bonds is 8. The molecule has 1 aliphatic heterocycles. The van der Waals surface area contributed by atoms with Gasteiger partial charge in [0.15, 0.2) is 0 Å². The molecule has 4 aromatic carbocycles. The topological polar surface area (TPSA) is 116 Å². The first-order valence-corrected chi connectivity index (χ1v) is 16.6. The van der Waals surface area contributed by atoms with Gasteiger partial charge in [-0.25, -0.2) is 4.79 Å². The lowest BCUT2D eigenvalue weighted by Gasteiger charge is -2.34. The molecule has 4 amide bonds. The first-order valence-electron chi connectivity index (χ1n) is 16.6. The van der Waals surface area contributed by atoms with Gasteiger partial charge in [-0.05, 0) is 48.2 Å². The second kappa shape index (κ2) is 14.4. The van der Waals surface area contributed by atoms with Crippen LogP contribution in [0.4, 0.5) is 16.2 Å². The number of hydrogen-bond donors (Lipinski definition) is 3. The maximum absolute atomic E-state index is 13.7. The first kappa shape index (κ1) is 33.5. The number of likely N-dealkylation sites (N-methyl/N-ethyl adjacent to an activating group) is 1. The Morgan fingerprint density at radius 3 is 2.53 bits per heavy atom. The monoisotopic (exact) mass is 661 g/mol. The van der Waals surface area contributed by atoms with Crippen LogP contribution >= 0.6 is 0 Å². The molecular formula is C39H43N5O5. The molecule has 0 saturated heterocycles. The molecule has 5 aromatic rings. The van der Waals surface area contributed by atoms with Gasteiger partial charge in [0.05, 0.1) is 37.7 Å². The summed E-state index contributed by atoms with van der Waals surface area (Å²) in [6, 6.07) is 26.3. The number of ether oxygens (including phenoxy) is 1. The molecular weight excluding hydrogens is 618 g/mol. The number of para-hydroxylation sites is 1. The highest BCUT2D eigenvalue weighted by atomic mass is 16.5. The van der Waals surface area contributed by atoms with Gasteiger partial charge in [-0.2, -0.15) is 0 Å². The Bertz CT molecular complexity index is 2000. The van der Waals surface area contributed by atoms with E-state index in [9.17, 15) is 19.5 Å². The second-order valence-electron chi connectivity index (χ2n) is 13.1. The van der Waals surface area contributed by atoms with Crippen LogP contribution < -0.4 is 15.4 Å². The third-order valence-electron chi connectivity index (χ3n) is 9.36. The molecule has 1 aromatic heterocycles. The minimum atomic E-state index is -0.479. The van der Waals surface area contributed by atoms with Gasteiger partial charge in [-0.15, -0.1) is 0 Å². The molecule has 10 nitrogen and oxygen atoms in total. The molecule has 2 heterocycles. The zero-order valence-corrected chi connectivity index (χ0v) is 28.3. The number of benzene rings is 4. The molecule has 3 atom stereocenters. The van der Waals surface area contributed by atoms with Gasteiger partial charge in [0.1, 0.15) is 11.9 Å². The van der Waals surface area contributed by atoms with Gasteiger partial charge in [0.2, 0.25) is 11.8 Å². The third-order valence-corrected chi connectivity index (χ3v) is 9.36. The van der Waals surface area contributed by atoms with Crippen molar-refractivity contribution in [2.45, 2.75) is 38.8 Å². The average Bonchev–Trinajstić information content (AvgIpc) is 3.43. The summed E-state index contributed by atoms with van der Waals surface area (Å²) in [5.41, 5.74) is 3.87. The van der Waals surface area contributed by atoms with Crippen molar-refractivity contribution in [3.63, 3.8) is 0 Å². The van der Waals surface area contributed by atoms with Crippen LogP contribution in [0.1, 0.15) is 25.0 Å². The molecule has 0 spiro atoms. The molecule has 0 unspecified atom stereocenters. The van der Waals surface area contributed by atoms with E-state index in [1.54, 1.807) is 35.0 Å². The predicted octanol–water partition coefficient (Wildman–Crippen LogP) is 5.83. The lowest BCUT2D eigenvalue weighted by molar-refractivity contribution is -0.134. The normalized spacial score (nSPS) is 17.0. The SMILES string of the molecule is C[C@@H]1CN([C@H](C)CO)C(=O)Cc2cc(NC(=O)Cc3cn(C)c4ccccc34)ccc2O[C@H]1CN(C)C(=O)Nc1cccc2ccccc12. The Kier molecular flexibility index (Phi) is 9.87. The van der Waals surface area contributed by atoms with Crippen molar-refractivity contribution >= 4 is 50.9 Å². The highest BCUT2D eigenvalue weighted by Gasteiger charge is 2.32. The number of fused-ring (bicyclic) bond motifs is 3. The smallest absolute Gasteiger partial charge is 0.321 e. The summed E-state index contributed by atoms with van der Waals surface area (Å²) in [4.78, 5) is 43.6. The number of urea groups is 1. The van der Waals surface area contributed by atoms with Crippen LogP contribution in [0.15, 0.2) is 91.1 Å². The van der Waals surface area contributed by atoms with Crippen molar-refractivity contribution in [2.75, 3.05) is 37.4 Å². The van der Waals surface area contributed by atoms with Crippen molar-refractivity contribution in [1.29, 1.82) is 0 Å². The number of aliphatic hydroxyl groups excluding tert-OH is 1. The van der Waals surface area contributed by atoms with Crippen LogP contribution in [-0.2, 0) is 29.5 Å². The van der Waals surface area contributed by atoms with Crippen LogP contribution in [-0.4, -0.2) is 76.2 Å². The number of aliphatic hydroxyl groups is 1. The number of aryl methyl sites for hydroxylation is 1. The predicted molar refractivity (Wildman–Crippen MR) is 193 cm³/mol. The average molecular weight is 662 g/mol. The first-order chi connectivity index (χ1) is 23.6. The summed E-state index contributed by atoms with van der Waals surface area (Å²) in [6.45, 7) is 4.20. The van der Waals surface area contributed by atoms with Crippen LogP contribution in [0.5, 0.6) is 5.75 Å². The molecule has 0 saturated carbocycles. The zero-order chi connectivity index (χ0) is 34.7. The molecule has 0 fully saturated rings. The van der Waals surface area contributed by atoms with Crippen molar-refractivity contribution in [1.82, 2.24) is 14.4 Å². The number of carbonyl (C=O) groups is 3. The summed E-state index contributed by atoms with van der Waals surface area (Å²) >= 11 is 0. The van der Waals surface area contributed by atoms with Crippen molar-refractivity contribution < 1.29 is 24.2 Å². The largest absolute Gasteiger partial charge is 0.488 e. The van der Waals surface area contributed by atoms with E-state index in [-0.39, 0.29) is 49.8 Å². The number of aromatic nitrogens is 1. The van der Waals surface area contributed by atoms with E-state index in [2.05, 4.69) is 10.6 Å². The van der Waals surface area contributed by atoms with Crippen molar-refractivity contribution in [3.8, 4) is 5.75 Å². The summed E-state index contributed by atoms with van der Waals surface area (Å²) in [5, 5.41) is 19.1. The minimum absolute atomic E-state index is 0.0313. The lowest BCUT2D eigenvalue weighted by Crippen LogP contribution is -2.48. The number of amides is 4. The number of carbonyl (C=O) groups excluding carboxylic acids is 3. The Morgan fingerprint density at radius 2 is 1.73 bits per heavy atom. The molecule has 10 heteroatoms. The van der Waals surface area contributed by atoms with E-state index in [4.69, 9.17) is 4.74 Å². The van der Waals surface area contributed by atoms with E-state index in [1.165, 1.54) is 0 Å². The van der Waals surface area contributed by atoms with Crippen molar-refractivity contribution in [2.24, 2.45) is 13.0 Å². The van der Waals surface area contributed by atoms with Crippen molar-refractivity contribution in [3.05, 3.63) is 102 Å². The standard InChI is InChI=1S/C39H43N5O5/c1-25-21-44(26(2)24-45)38(47)20-28-18-30(40-37(46)19-29-22-42(3)34-15-8-7-13-32(29)34)16-17-35(28)49-36(25)23-43(4)39(48)41-33-14-9-11-27-10-5-6-12-31(27)33/h5-18,22,25-26,36,45H,19-21,23-24H2,1-4H3,(H,40,46)(H,41,48)/t25-,26-,36+/m1/s1. The van der Waals surface area contributed by atoms with Crippen LogP contribution in [0, 0.1) is 5.92 Å². The highest BCUT2D eigenvalue weighted by Crippen LogP contribution is 2.30. The maximum Gasteiger partial charge on any atom is 0.321 e. The maximum atomic E-state index is 13.7. The fraction of sp³-hybridized carbons (Fsp3) is 0.308. The third kappa shape index (κ3) is 7.39. The quantitative estimate of drug-likeness (QED) is 0.194. The number of nitrogens with one attached hydrogen (secondary N) is 2. The van der Waals surface area contributed by atoms with Gasteiger partial charge < -0.3 is 34.8 Å². The Morgan fingerprint density at radius 1 is 1.00 bits per heavy atom. The van der Waals surface area contributed by atoms with Gasteiger partial charge >= 0.3 is 6.03 Å². The Balaban J connectivity index is 1.22. The van der Waals surface area contributed by atoms with E-state index >= 15 is 0 Å². The van der Waals surface area contributed by atoms with Gasteiger partial charge in [0.25, 0.3) is 0 Å². The fourth-order valence-electron chi connectivity index (χ4n) is 6.57. The number of nitrogens with zero attached hydrogens (tertiary/aromatic N) is 3. The molecule has 254 valence electrons. The van der Waals surface area contributed by atoms with Gasteiger partial charge in [-0.3, -0.25) is 9.59 Å². The van der Waals surface area contributed by atoms with Crippen LogP contribution in [0.25, 0.3) is 21.7 Å². The van der Waals surface area contributed by atoms with Crippen LogP contribution in [0.2, 0.25) is 0 Å². The summed E-state index contributed by atoms with van der Waals surface area (Å²) < 4.78 is 8.62.